The van der Waals surface area contributed by atoms with Crippen molar-refractivity contribution < 1.29 is 23.9 Å². The van der Waals surface area contributed by atoms with Gasteiger partial charge in [-0.3, -0.25) is 30.7 Å². The minimum atomic E-state index is -0.871. The minimum Gasteiger partial charge on any atom is -0.437 e. The second kappa shape index (κ2) is 16.9. The molecule has 16 nitrogen and oxygen atoms in total. The average molecular weight is 772 g/mol. The summed E-state index contributed by atoms with van der Waals surface area (Å²) in [6, 6.07) is 6.26. The number of hydrazine groups is 1. The molecular weight excluding hydrogens is 715 g/mol. The summed E-state index contributed by atoms with van der Waals surface area (Å²) in [4.78, 5) is 69.9. The number of amides is 5. The van der Waals surface area contributed by atoms with Crippen LogP contribution in [-0.2, 0) is 19.9 Å². The van der Waals surface area contributed by atoms with E-state index in [9.17, 15) is 19.2 Å². The molecule has 1 saturated carbocycles. The lowest BCUT2D eigenvalue weighted by Gasteiger charge is -2.44. The SMILES string of the molecule is CC1CC(C[C@@H](NC(=O)N2CCC3(CC2)OC(=O)Nc2ncccc23)C(=O)N[C@@H](CC2CCNCC2)C(=O)N2CCN(c3ccncc3)CC2)CC2CNNC12. The summed E-state index contributed by atoms with van der Waals surface area (Å²) in [6.07, 6.45) is 10.3. The van der Waals surface area contributed by atoms with Crippen LogP contribution < -0.4 is 37.0 Å². The van der Waals surface area contributed by atoms with Crippen LogP contribution >= 0.6 is 0 Å². The summed E-state index contributed by atoms with van der Waals surface area (Å²) in [6.45, 7) is 8.12. The Hall–Kier alpha value is -4.54. The van der Waals surface area contributed by atoms with E-state index >= 15 is 0 Å². The summed E-state index contributed by atoms with van der Waals surface area (Å²) < 4.78 is 5.87. The van der Waals surface area contributed by atoms with E-state index in [-0.39, 0.29) is 23.8 Å². The van der Waals surface area contributed by atoms with Crippen LogP contribution in [-0.4, -0.2) is 121 Å². The van der Waals surface area contributed by atoms with Gasteiger partial charge in [0.15, 0.2) is 0 Å². The first-order chi connectivity index (χ1) is 27.2. The van der Waals surface area contributed by atoms with Gasteiger partial charge in [-0.25, -0.2) is 14.6 Å². The first-order valence-corrected chi connectivity index (χ1v) is 20.7. The van der Waals surface area contributed by atoms with Crippen molar-refractivity contribution in [3.63, 3.8) is 0 Å². The number of carbonyl (C=O) groups is 4. The van der Waals surface area contributed by atoms with E-state index < -0.39 is 23.8 Å². The highest BCUT2D eigenvalue weighted by Crippen LogP contribution is 2.43. The van der Waals surface area contributed by atoms with Gasteiger partial charge in [-0.05, 0) is 99.6 Å². The quantitative estimate of drug-likeness (QED) is 0.220. The highest BCUT2D eigenvalue weighted by molar-refractivity contribution is 5.92. The molecule has 0 aromatic carbocycles. The maximum Gasteiger partial charge on any atom is 0.413 e. The normalized spacial score (nSPS) is 27.3. The summed E-state index contributed by atoms with van der Waals surface area (Å²) in [7, 11) is 0. The zero-order valence-electron chi connectivity index (χ0n) is 32.4. The summed E-state index contributed by atoms with van der Waals surface area (Å²) in [5.41, 5.74) is 7.78. The molecule has 4 saturated heterocycles. The van der Waals surface area contributed by atoms with Crippen molar-refractivity contribution in [1.82, 2.24) is 46.6 Å². The van der Waals surface area contributed by atoms with Gasteiger partial charge in [-0.15, -0.1) is 0 Å². The molecule has 0 bridgehead atoms. The van der Waals surface area contributed by atoms with Crippen LogP contribution in [0, 0.1) is 23.7 Å². The van der Waals surface area contributed by atoms with E-state index in [1.807, 2.05) is 29.2 Å². The fraction of sp³-hybridized carbons (Fsp3) is 0.650. The molecule has 5 aliphatic heterocycles. The Labute approximate surface area is 328 Å². The molecular formula is C40H57N11O5. The van der Waals surface area contributed by atoms with Crippen molar-refractivity contribution in [3.8, 4) is 0 Å². The monoisotopic (exact) mass is 771 g/mol. The van der Waals surface area contributed by atoms with Gasteiger partial charge in [0, 0.05) is 94.5 Å². The predicted molar refractivity (Wildman–Crippen MR) is 209 cm³/mol. The van der Waals surface area contributed by atoms with Crippen LogP contribution in [0.15, 0.2) is 42.9 Å². The number of ether oxygens (including phenoxy) is 1. The number of urea groups is 1. The first kappa shape index (κ1) is 38.3. The third-order valence-electron chi connectivity index (χ3n) is 13.2. The molecule has 4 unspecified atom stereocenters. The molecule has 8 rings (SSSR count). The molecule has 6 atom stereocenters. The molecule has 2 aromatic rings. The van der Waals surface area contributed by atoms with Gasteiger partial charge in [0.25, 0.3) is 0 Å². The van der Waals surface area contributed by atoms with Crippen molar-refractivity contribution in [1.29, 1.82) is 0 Å². The van der Waals surface area contributed by atoms with Gasteiger partial charge in [0.2, 0.25) is 11.8 Å². The number of piperazine rings is 1. The molecule has 16 heteroatoms. The number of hydrogen-bond donors (Lipinski definition) is 6. The summed E-state index contributed by atoms with van der Waals surface area (Å²) >= 11 is 0. The maximum absolute atomic E-state index is 14.6. The van der Waals surface area contributed by atoms with Crippen LogP contribution in [0.25, 0.3) is 0 Å². The van der Waals surface area contributed by atoms with Crippen molar-refractivity contribution in [2.24, 2.45) is 23.7 Å². The van der Waals surface area contributed by atoms with Crippen LogP contribution in [0.4, 0.5) is 21.1 Å². The van der Waals surface area contributed by atoms with Crippen molar-refractivity contribution in [2.45, 2.75) is 82.0 Å². The van der Waals surface area contributed by atoms with Crippen LogP contribution in [0.2, 0.25) is 0 Å². The van der Waals surface area contributed by atoms with Gasteiger partial charge in [-0.1, -0.05) is 6.92 Å². The Morgan fingerprint density at radius 2 is 1.66 bits per heavy atom. The fourth-order valence-corrected chi connectivity index (χ4v) is 10.2. The Kier molecular flexibility index (Phi) is 11.6. The van der Waals surface area contributed by atoms with Crippen molar-refractivity contribution in [2.75, 3.05) is 69.1 Å². The molecule has 6 N–H and O–H groups in total. The molecule has 2 aromatic heterocycles. The molecule has 6 aliphatic rings. The number of likely N-dealkylation sites (tertiary alicyclic amines) is 1. The topological polar surface area (TPSA) is 185 Å². The lowest BCUT2D eigenvalue weighted by molar-refractivity contribution is -0.137. The van der Waals surface area contributed by atoms with E-state index in [1.54, 1.807) is 23.5 Å². The Morgan fingerprint density at radius 3 is 2.43 bits per heavy atom. The standard InChI is InChI=1S/C40H57N11O5/c1-26-21-28(22-29-25-44-48-34(26)29)24-32(46-38(54)51-15-8-40(9-16-51)31-3-2-10-43-35(31)47-39(55)56-40)36(52)45-33(23-27-4-11-41-12-5-27)37(53)50-19-17-49(18-20-50)30-6-13-42-14-7-30/h2-3,6-7,10,13-14,26-29,32-34,41,44,48H,4-5,8-9,11-12,15-25H2,1H3,(H,45,52)(H,46,54)(H,43,47,55)/t26?,28?,29?,32-,33+,34?/m1/s1. The number of carbonyl (C=O) groups excluding carboxylic acids is 4. The molecule has 56 heavy (non-hydrogen) atoms. The average Bonchev–Trinajstić information content (AvgIpc) is 3.71. The highest BCUT2D eigenvalue weighted by Gasteiger charge is 2.46. The van der Waals surface area contributed by atoms with Gasteiger partial charge < -0.3 is 35.4 Å². The van der Waals surface area contributed by atoms with Gasteiger partial charge in [-0.2, -0.15) is 0 Å². The van der Waals surface area contributed by atoms with E-state index in [1.165, 1.54) is 0 Å². The molecule has 1 spiro atoms. The van der Waals surface area contributed by atoms with E-state index in [4.69, 9.17) is 4.74 Å². The fourth-order valence-electron chi connectivity index (χ4n) is 10.2. The van der Waals surface area contributed by atoms with Crippen LogP contribution in [0.1, 0.15) is 63.9 Å². The minimum absolute atomic E-state index is 0.0545. The number of nitrogens with one attached hydrogen (secondary N) is 6. The van der Waals surface area contributed by atoms with Crippen LogP contribution in [0.3, 0.4) is 0 Å². The Balaban J connectivity index is 0.971. The second-order valence-corrected chi connectivity index (χ2v) is 16.8. The molecule has 0 radical (unpaired) electrons. The van der Waals surface area contributed by atoms with Gasteiger partial charge in [0.1, 0.15) is 23.5 Å². The second-order valence-electron chi connectivity index (χ2n) is 16.8. The zero-order chi connectivity index (χ0) is 38.6. The van der Waals surface area contributed by atoms with Gasteiger partial charge in [0.05, 0.1) is 0 Å². The number of pyridine rings is 2. The number of nitrogens with zero attached hydrogens (tertiary/aromatic N) is 5. The first-order valence-electron chi connectivity index (χ1n) is 20.7. The number of piperidine rings is 2. The Bertz CT molecular complexity index is 1710. The number of hydrogen-bond acceptors (Lipinski definition) is 11. The van der Waals surface area contributed by atoms with Gasteiger partial charge >= 0.3 is 12.1 Å². The third kappa shape index (κ3) is 8.42. The van der Waals surface area contributed by atoms with Crippen molar-refractivity contribution >= 4 is 35.4 Å². The number of fused-ring (bicyclic) bond motifs is 3. The number of aromatic nitrogens is 2. The molecule has 1 aliphatic carbocycles. The third-order valence-corrected chi connectivity index (χ3v) is 13.2. The predicted octanol–water partition coefficient (Wildman–Crippen LogP) is 2.16. The number of anilines is 2. The van der Waals surface area contributed by atoms with E-state index in [2.05, 4.69) is 53.9 Å². The summed E-state index contributed by atoms with van der Waals surface area (Å²) in [5.74, 6) is 1.52. The molecule has 5 amide bonds. The summed E-state index contributed by atoms with van der Waals surface area (Å²) in [5, 5.41) is 12.5. The van der Waals surface area contributed by atoms with Crippen LogP contribution in [0.5, 0.6) is 0 Å². The molecule has 302 valence electrons. The lowest BCUT2D eigenvalue weighted by atomic mass is 9.71. The number of rotatable bonds is 9. The highest BCUT2D eigenvalue weighted by atomic mass is 16.6. The largest absolute Gasteiger partial charge is 0.437 e. The molecule has 5 fully saturated rings. The zero-order valence-corrected chi connectivity index (χ0v) is 32.4. The van der Waals surface area contributed by atoms with E-state index in [0.29, 0.717) is 94.6 Å². The maximum atomic E-state index is 14.6. The lowest BCUT2D eigenvalue weighted by Crippen LogP contribution is -2.59. The molecule has 7 heterocycles. The Morgan fingerprint density at radius 1 is 0.911 bits per heavy atom. The smallest absolute Gasteiger partial charge is 0.413 e. The van der Waals surface area contributed by atoms with Crippen molar-refractivity contribution in [3.05, 3.63) is 48.4 Å². The van der Waals surface area contributed by atoms with E-state index in [0.717, 1.165) is 56.6 Å².